The molecule has 0 radical (unpaired) electrons. The molecule has 2 unspecified atom stereocenters. The van der Waals surface area contributed by atoms with Crippen LogP contribution < -0.4 is 0 Å². The van der Waals surface area contributed by atoms with Crippen molar-refractivity contribution in [3.8, 4) is 0 Å². The molecule has 2 amide bonds. The fraction of sp³-hybridized carbons (Fsp3) is 0.579. The minimum atomic E-state index is -0.674. The van der Waals surface area contributed by atoms with Crippen LogP contribution in [0.4, 0.5) is 4.79 Å². The number of amides is 2. The lowest BCUT2D eigenvalue weighted by Crippen LogP contribution is -2.64. The number of hydrogen-bond acceptors (Lipinski definition) is 4. The third-order valence-electron chi connectivity index (χ3n) is 4.04. The number of rotatable bonds is 4. The van der Waals surface area contributed by atoms with Crippen LogP contribution in [0.2, 0.25) is 0 Å². The molecule has 1 heterocycles. The predicted molar refractivity (Wildman–Crippen MR) is 95.1 cm³/mol. The van der Waals surface area contributed by atoms with Gasteiger partial charge in [-0.1, -0.05) is 30.3 Å². The molecule has 0 bridgehead atoms. The highest BCUT2D eigenvalue weighted by Gasteiger charge is 2.43. The molecule has 0 aromatic heterocycles. The van der Waals surface area contributed by atoms with Crippen molar-refractivity contribution >= 4 is 12.0 Å². The van der Waals surface area contributed by atoms with E-state index in [1.165, 1.54) is 12.0 Å². The molecular formula is C19H28N2O4. The molecule has 1 aliphatic heterocycles. The maximum Gasteiger partial charge on any atom is 0.411 e. The molecule has 2 rings (SSSR count). The molecule has 1 aromatic carbocycles. The number of carbonyl (C=O) groups is 2. The quantitative estimate of drug-likeness (QED) is 0.839. The van der Waals surface area contributed by atoms with Crippen molar-refractivity contribution in [1.82, 2.24) is 9.80 Å². The monoisotopic (exact) mass is 348 g/mol. The van der Waals surface area contributed by atoms with Gasteiger partial charge in [-0.05, 0) is 33.3 Å². The number of hydrogen-bond donors (Lipinski definition) is 0. The van der Waals surface area contributed by atoms with E-state index in [-0.39, 0.29) is 18.6 Å². The number of ether oxygens (including phenoxy) is 2. The maximum atomic E-state index is 12.9. The van der Waals surface area contributed by atoms with Gasteiger partial charge >= 0.3 is 6.09 Å². The first-order valence-electron chi connectivity index (χ1n) is 8.56. The fourth-order valence-corrected chi connectivity index (χ4v) is 3.01. The summed E-state index contributed by atoms with van der Waals surface area (Å²) in [6.07, 6.45) is -0.477. The van der Waals surface area contributed by atoms with E-state index in [1.807, 2.05) is 58.0 Å². The summed E-state index contributed by atoms with van der Waals surface area (Å²) in [4.78, 5) is 28.8. The Bertz CT molecular complexity index is 597. The minimum absolute atomic E-state index is 0.116. The Kier molecular flexibility index (Phi) is 6.06. The predicted octanol–water partition coefficient (Wildman–Crippen LogP) is 2.67. The van der Waals surface area contributed by atoms with Crippen molar-refractivity contribution in [3.05, 3.63) is 35.9 Å². The maximum absolute atomic E-state index is 12.9. The van der Waals surface area contributed by atoms with Crippen molar-refractivity contribution in [2.75, 3.05) is 20.3 Å². The zero-order valence-corrected chi connectivity index (χ0v) is 15.7. The average molecular weight is 348 g/mol. The molecule has 0 aliphatic carbocycles. The summed E-state index contributed by atoms with van der Waals surface area (Å²) < 4.78 is 10.7. The molecule has 1 fully saturated rings. The molecule has 0 spiro atoms. The lowest BCUT2D eigenvalue weighted by atomic mass is 10.1. The summed E-state index contributed by atoms with van der Waals surface area (Å²) in [5, 5.41) is 0. The van der Waals surface area contributed by atoms with Gasteiger partial charge in [-0.15, -0.1) is 0 Å². The molecule has 25 heavy (non-hydrogen) atoms. The number of piperazine rings is 1. The van der Waals surface area contributed by atoms with Gasteiger partial charge in [-0.2, -0.15) is 0 Å². The van der Waals surface area contributed by atoms with Crippen molar-refractivity contribution < 1.29 is 19.1 Å². The van der Waals surface area contributed by atoms with E-state index >= 15 is 0 Å². The number of benzene rings is 1. The highest BCUT2D eigenvalue weighted by Crippen LogP contribution is 2.22. The second kappa shape index (κ2) is 7.87. The normalized spacial score (nSPS) is 21.4. The van der Waals surface area contributed by atoms with Crippen molar-refractivity contribution in [1.29, 1.82) is 0 Å². The molecule has 2 atom stereocenters. The van der Waals surface area contributed by atoms with Gasteiger partial charge in [0.25, 0.3) is 0 Å². The van der Waals surface area contributed by atoms with E-state index in [9.17, 15) is 9.59 Å². The fourth-order valence-electron chi connectivity index (χ4n) is 3.01. The Hall–Kier alpha value is -2.08. The Morgan fingerprint density at radius 1 is 1.24 bits per heavy atom. The van der Waals surface area contributed by atoms with Crippen LogP contribution in [0.15, 0.2) is 30.3 Å². The van der Waals surface area contributed by atoms with Gasteiger partial charge in [0.15, 0.2) is 0 Å². The van der Waals surface area contributed by atoms with E-state index < -0.39 is 17.7 Å². The van der Waals surface area contributed by atoms with E-state index in [2.05, 4.69) is 0 Å². The topological polar surface area (TPSA) is 59.1 Å². The summed E-state index contributed by atoms with van der Waals surface area (Å²) >= 11 is 0. The molecule has 1 aliphatic rings. The van der Waals surface area contributed by atoms with Crippen LogP contribution in [0.25, 0.3) is 0 Å². The largest absolute Gasteiger partial charge is 0.444 e. The van der Waals surface area contributed by atoms with Crippen molar-refractivity contribution in [2.24, 2.45) is 0 Å². The molecule has 0 N–H and O–H groups in total. The van der Waals surface area contributed by atoms with Crippen molar-refractivity contribution in [2.45, 2.75) is 51.9 Å². The Morgan fingerprint density at radius 2 is 1.88 bits per heavy atom. The van der Waals surface area contributed by atoms with E-state index in [0.717, 1.165) is 5.56 Å². The zero-order valence-electron chi connectivity index (χ0n) is 15.7. The number of carbonyl (C=O) groups excluding carboxylic acids is 2. The summed E-state index contributed by atoms with van der Waals surface area (Å²) in [6.45, 7) is 8.50. The van der Waals surface area contributed by atoms with E-state index in [1.54, 1.807) is 4.90 Å². The Labute approximate surface area is 149 Å². The lowest BCUT2D eigenvalue weighted by molar-refractivity contribution is -0.147. The van der Waals surface area contributed by atoms with E-state index in [4.69, 9.17) is 9.47 Å². The Balaban J connectivity index is 2.19. The summed E-state index contributed by atoms with van der Waals surface area (Å²) in [5.41, 5.74) is 0.448. The highest BCUT2D eigenvalue weighted by atomic mass is 16.6. The molecule has 6 nitrogen and oxygen atoms in total. The molecule has 0 saturated carbocycles. The third kappa shape index (κ3) is 4.95. The van der Waals surface area contributed by atoms with Gasteiger partial charge in [0.05, 0.1) is 12.6 Å². The average Bonchev–Trinajstić information content (AvgIpc) is 2.51. The first-order chi connectivity index (χ1) is 11.7. The van der Waals surface area contributed by atoms with Gasteiger partial charge in [0.1, 0.15) is 11.6 Å². The second-order valence-corrected chi connectivity index (χ2v) is 7.41. The van der Waals surface area contributed by atoms with Gasteiger partial charge < -0.3 is 14.4 Å². The first kappa shape index (κ1) is 19.2. The second-order valence-electron chi connectivity index (χ2n) is 7.41. The molecule has 138 valence electrons. The van der Waals surface area contributed by atoms with Gasteiger partial charge in [-0.25, -0.2) is 4.79 Å². The molecule has 1 aromatic rings. The van der Waals surface area contributed by atoms with Crippen LogP contribution >= 0.6 is 0 Å². The highest BCUT2D eigenvalue weighted by molar-refractivity contribution is 5.87. The SMILES string of the molecule is COCC1C(=O)N(Cc2ccccc2)CC(C)N1C(=O)OC(C)(C)C. The van der Waals surface area contributed by atoms with Crippen LogP contribution in [0, 0.1) is 0 Å². The van der Waals surface area contributed by atoms with Gasteiger partial charge in [0.2, 0.25) is 5.91 Å². The van der Waals surface area contributed by atoms with Crippen molar-refractivity contribution in [3.63, 3.8) is 0 Å². The van der Waals surface area contributed by atoms with Crippen LogP contribution in [0.1, 0.15) is 33.3 Å². The summed E-state index contributed by atoms with van der Waals surface area (Å²) in [6, 6.07) is 9.00. The molecule has 1 saturated heterocycles. The smallest absolute Gasteiger partial charge is 0.411 e. The molecular weight excluding hydrogens is 320 g/mol. The minimum Gasteiger partial charge on any atom is -0.444 e. The third-order valence-corrected chi connectivity index (χ3v) is 4.04. The first-order valence-corrected chi connectivity index (χ1v) is 8.56. The van der Waals surface area contributed by atoms with Crippen LogP contribution in [-0.2, 0) is 20.8 Å². The Morgan fingerprint density at radius 3 is 2.44 bits per heavy atom. The van der Waals surface area contributed by atoms with E-state index in [0.29, 0.717) is 13.1 Å². The van der Waals surface area contributed by atoms with Crippen LogP contribution in [-0.4, -0.2) is 59.7 Å². The number of methoxy groups -OCH3 is 1. The van der Waals surface area contributed by atoms with Crippen LogP contribution in [0.5, 0.6) is 0 Å². The van der Waals surface area contributed by atoms with Crippen LogP contribution in [0.3, 0.4) is 0 Å². The standard InChI is InChI=1S/C19H28N2O4/c1-14-11-20(12-15-9-7-6-8-10-15)17(22)16(13-24-5)21(14)18(23)25-19(2,3)4/h6-10,14,16H,11-13H2,1-5H3. The van der Waals surface area contributed by atoms with Gasteiger partial charge in [-0.3, -0.25) is 9.69 Å². The lowest BCUT2D eigenvalue weighted by Gasteiger charge is -2.44. The number of nitrogens with zero attached hydrogens (tertiary/aromatic N) is 2. The van der Waals surface area contributed by atoms with Gasteiger partial charge in [0, 0.05) is 20.2 Å². The zero-order chi connectivity index (χ0) is 18.6. The summed E-state index contributed by atoms with van der Waals surface area (Å²) in [7, 11) is 1.53. The summed E-state index contributed by atoms with van der Waals surface area (Å²) in [5.74, 6) is -0.116. The molecule has 6 heteroatoms.